The van der Waals surface area contributed by atoms with Gasteiger partial charge in [0, 0.05) is 5.57 Å². The number of carbonyl (C=O) groups excluding carboxylic acids is 1. The van der Waals surface area contributed by atoms with E-state index in [2.05, 4.69) is 4.74 Å². The molecule has 0 aliphatic carbocycles. The van der Waals surface area contributed by atoms with E-state index in [4.69, 9.17) is 5.11 Å². The Morgan fingerprint density at radius 3 is 2.40 bits per heavy atom. The molecule has 0 saturated carbocycles. The van der Waals surface area contributed by atoms with Crippen molar-refractivity contribution in [3.63, 3.8) is 0 Å². The molecule has 0 aromatic carbocycles. The lowest BCUT2D eigenvalue weighted by Gasteiger charge is -1.92. The van der Waals surface area contributed by atoms with Gasteiger partial charge >= 0.3 is 5.97 Å². The van der Waals surface area contributed by atoms with Gasteiger partial charge in [0.1, 0.15) is 5.76 Å². The van der Waals surface area contributed by atoms with Crippen LogP contribution in [-0.2, 0) is 9.53 Å². The number of carbonyl (C=O) groups is 1. The molecule has 0 spiro atoms. The molecular weight excluding hydrogens is 132 g/mol. The first-order valence-electron chi connectivity index (χ1n) is 2.95. The van der Waals surface area contributed by atoms with E-state index in [1.165, 1.54) is 0 Å². The van der Waals surface area contributed by atoms with Crippen LogP contribution in [-0.4, -0.2) is 11.1 Å². The van der Waals surface area contributed by atoms with Crippen LogP contribution in [0.1, 0.15) is 13.8 Å². The van der Waals surface area contributed by atoms with Gasteiger partial charge in [-0.3, -0.25) is 0 Å². The quantitative estimate of drug-likeness (QED) is 0.515. The third-order valence-electron chi connectivity index (χ3n) is 1.38. The maximum atomic E-state index is 10.6. The Labute approximate surface area is 58.6 Å². The zero-order valence-electron chi connectivity index (χ0n) is 5.84. The Balaban J connectivity index is 3.06. The Kier molecular flexibility index (Phi) is 1.49. The van der Waals surface area contributed by atoms with Crippen molar-refractivity contribution in [1.82, 2.24) is 0 Å². The van der Waals surface area contributed by atoms with Crippen molar-refractivity contribution in [1.29, 1.82) is 0 Å². The first kappa shape index (κ1) is 6.86. The van der Waals surface area contributed by atoms with Gasteiger partial charge in [0.25, 0.3) is 0 Å². The normalized spacial score (nSPS) is 22.2. The van der Waals surface area contributed by atoms with Crippen LogP contribution >= 0.6 is 0 Å². The van der Waals surface area contributed by atoms with Crippen LogP contribution in [0.4, 0.5) is 0 Å². The Morgan fingerprint density at radius 2 is 2.20 bits per heavy atom. The van der Waals surface area contributed by atoms with Crippen LogP contribution < -0.4 is 0 Å². The summed E-state index contributed by atoms with van der Waals surface area (Å²) in [7, 11) is 0. The van der Waals surface area contributed by atoms with E-state index in [-0.39, 0.29) is 5.76 Å². The molecule has 1 N–H and O–H groups in total. The van der Waals surface area contributed by atoms with Gasteiger partial charge in [0.2, 0.25) is 5.76 Å². The van der Waals surface area contributed by atoms with Crippen molar-refractivity contribution in [2.75, 3.05) is 0 Å². The molecule has 0 bridgehead atoms. The number of cyclic esters (lactones) is 1. The summed E-state index contributed by atoms with van der Waals surface area (Å²) in [6.07, 6.45) is 1.64. The number of esters is 1. The number of hydrogen-bond donors (Lipinski definition) is 1. The van der Waals surface area contributed by atoms with E-state index in [0.29, 0.717) is 11.3 Å². The predicted molar refractivity (Wildman–Crippen MR) is 35.2 cm³/mol. The van der Waals surface area contributed by atoms with Crippen LogP contribution in [0.2, 0.25) is 0 Å². The maximum absolute atomic E-state index is 10.6. The summed E-state index contributed by atoms with van der Waals surface area (Å²) in [5.74, 6) is -0.499. The highest BCUT2D eigenvalue weighted by atomic mass is 16.6. The number of allylic oxidation sites excluding steroid dienone is 2. The summed E-state index contributed by atoms with van der Waals surface area (Å²) in [4.78, 5) is 10.6. The second-order valence-electron chi connectivity index (χ2n) is 2.02. The zero-order valence-corrected chi connectivity index (χ0v) is 5.84. The lowest BCUT2D eigenvalue weighted by Crippen LogP contribution is -1.96. The van der Waals surface area contributed by atoms with Crippen molar-refractivity contribution in [3.8, 4) is 0 Å². The predicted octanol–water partition coefficient (Wildman–Crippen LogP) is 1.28. The smallest absolute Gasteiger partial charge is 0.379 e. The van der Waals surface area contributed by atoms with Crippen LogP contribution in [0, 0.1) is 0 Å². The lowest BCUT2D eigenvalue weighted by molar-refractivity contribution is -0.135. The highest BCUT2D eigenvalue weighted by Gasteiger charge is 2.25. The average molecular weight is 140 g/mol. The van der Waals surface area contributed by atoms with E-state index in [0.717, 1.165) is 0 Å². The molecule has 0 saturated heterocycles. The van der Waals surface area contributed by atoms with Gasteiger partial charge in [-0.2, -0.15) is 0 Å². The van der Waals surface area contributed by atoms with E-state index in [1.54, 1.807) is 19.9 Å². The van der Waals surface area contributed by atoms with E-state index in [9.17, 15) is 4.79 Å². The number of aliphatic hydroxyl groups excluding tert-OH is 1. The van der Waals surface area contributed by atoms with Crippen molar-refractivity contribution in [2.24, 2.45) is 0 Å². The molecular formula is C7H8O3. The van der Waals surface area contributed by atoms with Gasteiger partial charge in [-0.15, -0.1) is 0 Å². The SMILES string of the molecule is C/C=C1/OC(=O)C(O)=C1C. The van der Waals surface area contributed by atoms with Gasteiger partial charge < -0.3 is 9.84 Å². The Morgan fingerprint density at radius 1 is 1.60 bits per heavy atom. The minimum atomic E-state index is -0.661. The summed E-state index contributed by atoms with van der Waals surface area (Å²) in [5, 5.41) is 8.93. The summed E-state index contributed by atoms with van der Waals surface area (Å²) >= 11 is 0. The molecule has 1 rings (SSSR count). The molecule has 0 atom stereocenters. The summed E-state index contributed by atoms with van der Waals surface area (Å²) < 4.78 is 4.63. The fraction of sp³-hybridized carbons (Fsp3) is 0.286. The molecule has 0 unspecified atom stereocenters. The topological polar surface area (TPSA) is 46.5 Å². The molecule has 3 nitrogen and oxygen atoms in total. The molecule has 54 valence electrons. The van der Waals surface area contributed by atoms with Gasteiger partial charge in [0.05, 0.1) is 0 Å². The molecule has 1 heterocycles. The van der Waals surface area contributed by atoms with Crippen LogP contribution in [0.3, 0.4) is 0 Å². The van der Waals surface area contributed by atoms with Crippen molar-refractivity contribution < 1.29 is 14.6 Å². The van der Waals surface area contributed by atoms with Gasteiger partial charge in [-0.05, 0) is 19.9 Å². The van der Waals surface area contributed by atoms with Gasteiger partial charge in [-0.25, -0.2) is 4.79 Å². The molecule has 0 aromatic heterocycles. The summed E-state index contributed by atoms with van der Waals surface area (Å²) in [5.41, 5.74) is 0.507. The summed E-state index contributed by atoms with van der Waals surface area (Å²) in [6, 6.07) is 0. The van der Waals surface area contributed by atoms with Crippen molar-refractivity contribution in [3.05, 3.63) is 23.2 Å². The molecule has 10 heavy (non-hydrogen) atoms. The number of hydrogen-bond acceptors (Lipinski definition) is 3. The third kappa shape index (κ3) is 0.795. The first-order chi connectivity index (χ1) is 4.66. The van der Waals surface area contributed by atoms with Gasteiger partial charge in [-0.1, -0.05) is 0 Å². The third-order valence-corrected chi connectivity index (χ3v) is 1.38. The zero-order chi connectivity index (χ0) is 7.72. The number of ether oxygens (including phenoxy) is 1. The fourth-order valence-electron chi connectivity index (χ4n) is 0.770. The fourth-order valence-corrected chi connectivity index (χ4v) is 0.770. The molecule has 3 heteroatoms. The standard InChI is InChI=1S/C7H8O3/c1-3-5-4(2)6(8)7(9)10-5/h3,8H,1-2H3/b5-3+. The second-order valence-corrected chi connectivity index (χ2v) is 2.02. The highest BCUT2D eigenvalue weighted by Crippen LogP contribution is 2.22. The highest BCUT2D eigenvalue weighted by molar-refractivity contribution is 5.91. The minimum absolute atomic E-state index is 0.284. The Bertz CT molecular complexity index is 235. The van der Waals surface area contributed by atoms with Crippen LogP contribution in [0.15, 0.2) is 23.2 Å². The first-order valence-corrected chi connectivity index (χ1v) is 2.95. The maximum Gasteiger partial charge on any atom is 0.379 e. The van der Waals surface area contributed by atoms with Gasteiger partial charge in [0.15, 0.2) is 0 Å². The average Bonchev–Trinajstić information content (AvgIpc) is 2.17. The van der Waals surface area contributed by atoms with Crippen molar-refractivity contribution in [2.45, 2.75) is 13.8 Å². The summed E-state index contributed by atoms with van der Waals surface area (Å²) in [6.45, 7) is 3.38. The minimum Gasteiger partial charge on any atom is -0.502 e. The van der Waals surface area contributed by atoms with Crippen molar-refractivity contribution >= 4 is 5.97 Å². The molecule has 0 radical (unpaired) electrons. The number of aliphatic hydroxyl groups is 1. The molecule has 0 aromatic rings. The van der Waals surface area contributed by atoms with E-state index in [1.807, 2.05) is 0 Å². The largest absolute Gasteiger partial charge is 0.502 e. The molecule has 1 aliphatic heterocycles. The molecule has 1 aliphatic rings. The Hall–Kier alpha value is -1.25. The van der Waals surface area contributed by atoms with Crippen LogP contribution in [0.5, 0.6) is 0 Å². The lowest BCUT2D eigenvalue weighted by atomic mass is 10.2. The number of rotatable bonds is 0. The second kappa shape index (κ2) is 2.17. The van der Waals surface area contributed by atoms with E-state index >= 15 is 0 Å². The monoisotopic (exact) mass is 140 g/mol. The van der Waals surface area contributed by atoms with E-state index < -0.39 is 5.97 Å². The molecule has 0 amide bonds. The van der Waals surface area contributed by atoms with Crippen LogP contribution in [0.25, 0.3) is 0 Å². The molecule has 0 fully saturated rings.